The first-order valence-electron chi connectivity index (χ1n) is 8.08. The number of sulfonamides is 1. The molecule has 1 aromatic carbocycles. The lowest BCUT2D eigenvalue weighted by Gasteiger charge is -2.19. The Kier molecular flexibility index (Phi) is 5.11. The van der Waals surface area contributed by atoms with Crippen molar-refractivity contribution in [3.63, 3.8) is 0 Å². The first kappa shape index (κ1) is 18.5. The van der Waals surface area contributed by atoms with Crippen LogP contribution in [0.3, 0.4) is 0 Å². The van der Waals surface area contributed by atoms with E-state index < -0.39 is 10.0 Å². The second kappa shape index (κ2) is 7.17. The maximum atomic E-state index is 12.7. The highest BCUT2D eigenvalue weighted by Gasteiger charge is 2.24. The van der Waals surface area contributed by atoms with Crippen LogP contribution in [0.4, 0.5) is 5.69 Å². The first-order valence-corrected chi connectivity index (χ1v) is 9.94. The number of aryl methyl sites for hydroxylation is 1. The van der Waals surface area contributed by atoms with E-state index in [1.54, 1.807) is 43.8 Å². The molecule has 1 aliphatic carbocycles. The Labute approximate surface area is 158 Å². The Morgan fingerprint density at radius 3 is 2.73 bits per heavy atom. The van der Waals surface area contributed by atoms with Gasteiger partial charge in [-0.15, -0.1) is 0 Å². The quantitative estimate of drug-likeness (QED) is 0.833. The lowest BCUT2D eigenvalue weighted by atomic mass is 10.0. The van der Waals surface area contributed by atoms with Crippen molar-refractivity contribution >= 4 is 27.3 Å². The number of anilines is 1. The second-order valence-corrected chi connectivity index (χ2v) is 8.38. The van der Waals surface area contributed by atoms with Crippen molar-refractivity contribution in [2.45, 2.75) is 20.3 Å². The van der Waals surface area contributed by atoms with Crippen molar-refractivity contribution in [3.8, 4) is 11.4 Å². The number of methoxy groups -OCH3 is 1. The van der Waals surface area contributed by atoms with Gasteiger partial charge in [-0.3, -0.25) is 4.72 Å². The van der Waals surface area contributed by atoms with Crippen LogP contribution < -0.4 is 9.46 Å². The van der Waals surface area contributed by atoms with Gasteiger partial charge in [-0.2, -0.15) is 0 Å². The number of allylic oxidation sites excluding steroid dienone is 4. The smallest absolute Gasteiger partial charge is 0.258 e. The van der Waals surface area contributed by atoms with Gasteiger partial charge in [0.15, 0.2) is 0 Å². The van der Waals surface area contributed by atoms with Gasteiger partial charge in [-0.1, -0.05) is 18.5 Å². The Morgan fingerprint density at radius 1 is 1.35 bits per heavy atom. The molecule has 1 unspecified atom stereocenters. The number of hydrogen-bond acceptors (Lipinski definition) is 4. The third kappa shape index (κ3) is 3.78. The Balaban J connectivity index is 1.89. The van der Waals surface area contributed by atoms with E-state index in [1.807, 2.05) is 24.6 Å². The summed E-state index contributed by atoms with van der Waals surface area (Å²) in [5.41, 5.74) is 2.08. The van der Waals surface area contributed by atoms with E-state index >= 15 is 0 Å². The molecule has 2 aromatic rings. The summed E-state index contributed by atoms with van der Waals surface area (Å²) in [4.78, 5) is 4.50. The third-order valence-electron chi connectivity index (χ3n) is 4.17. The van der Waals surface area contributed by atoms with E-state index in [-0.39, 0.29) is 5.92 Å². The van der Waals surface area contributed by atoms with Gasteiger partial charge in [-0.25, -0.2) is 13.4 Å². The maximum absolute atomic E-state index is 12.7. The van der Waals surface area contributed by atoms with Crippen LogP contribution >= 0.6 is 11.6 Å². The zero-order chi connectivity index (χ0) is 18.9. The van der Waals surface area contributed by atoms with Gasteiger partial charge in [0.1, 0.15) is 5.75 Å². The van der Waals surface area contributed by atoms with Crippen molar-refractivity contribution in [3.05, 3.63) is 58.5 Å². The van der Waals surface area contributed by atoms with Crippen molar-refractivity contribution in [1.82, 2.24) is 9.55 Å². The number of imidazole rings is 1. The molecule has 0 radical (unpaired) electrons. The Morgan fingerprint density at radius 2 is 2.12 bits per heavy atom. The van der Waals surface area contributed by atoms with Gasteiger partial charge in [0.25, 0.3) is 10.0 Å². The van der Waals surface area contributed by atoms with Gasteiger partial charge < -0.3 is 9.30 Å². The summed E-state index contributed by atoms with van der Waals surface area (Å²) in [5, 5.41) is 0.658. The molecule has 1 heterocycles. The van der Waals surface area contributed by atoms with Crippen LogP contribution in [0, 0.1) is 12.8 Å². The molecule has 3 rings (SSSR count). The third-order valence-corrected chi connectivity index (χ3v) is 6.17. The molecule has 0 saturated carbocycles. The number of halogens is 1. The molecule has 6 nitrogen and oxygen atoms in total. The van der Waals surface area contributed by atoms with E-state index in [0.717, 1.165) is 11.4 Å². The van der Waals surface area contributed by atoms with Crippen LogP contribution in [-0.4, -0.2) is 25.1 Å². The molecule has 0 saturated heterocycles. The van der Waals surface area contributed by atoms with Gasteiger partial charge >= 0.3 is 0 Å². The Hall–Kier alpha value is -2.25. The minimum absolute atomic E-state index is 0.0189. The van der Waals surface area contributed by atoms with Gasteiger partial charge in [-0.05, 0) is 43.5 Å². The molecule has 0 fully saturated rings. The molecule has 0 amide bonds. The summed E-state index contributed by atoms with van der Waals surface area (Å²) in [6.45, 7) is 3.79. The highest BCUT2D eigenvalue weighted by Crippen LogP contribution is 2.32. The van der Waals surface area contributed by atoms with Crippen molar-refractivity contribution in [1.29, 1.82) is 0 Å². The van der Waals surface area contributed by atoms with Crippen LogP contribution in [0.2, 0.25) is 0 Å². The van der Waals surface area contributed by atoms with E-state index in [9.17, 15) is 8.42 Å². The lowest BCUT2D eigenvalue weighted by Crippen LogP contribution is -2.18. The molecule has 1 aliphatic rings. The highest BCUT2D eigenvalue weighted by atomic mass is 35.5. The minimum atomic E-state index is -3.66. The number of hydrogen-bond donors (Lipinski definition) is 1. The number of ether oxygens (including phenoxy) is 1. The van der Waals surface area contributed by atoms with E-state index in [1.165, 1.54) is 0 Å². The summed E-state index contributed by atoms with van der Waals surface area (Å²) in [7, 11) is -2.12. The molecule has 0 bridgehead atoms. The predicted octanol–water partition coefficient (Wildman–Crippen LogP) is 3.98. The lowest BCUT2D eigenvalue weighted by molar-refractivity contribution is 0.413. The maximum Gasteiger partial charge on any atom is 0.258 e. The highest BCUT2D eigenvalue weighted by molar-refractivity contribution is 7.96. The number of nitrogens with one attached hydrogen (secondary N) is 1. The summed E-state index contributed by atoms with van der Waals surface area (Å²) in [6, 6.07) is 5.13. The molecule has 138 valence electrons. The topological polar surface area (TPSA) is 73.2 Å². The Bertz CT molecular complexity index is 993. The van der Waals surface area contributed by atoms with Crippen molar-refractivity contribution in [2.75, 3.05) is 11.8 Å². The predicted molar refractivity (Wildman–Crippen MR) is 103 cm³/mol. The average molecular weight is 394 g/mol. The molecule has 1 N–H and O–H groups in total. The van der Waals surface area contributed by atoms with Crippen LogP contribution in [0.15, 0.2) is 52.8 Å². The summed E-state index contributed by atoms with van der Waals surface area (Å²) < 4.78 is 35.2. The van der Waals surface area contributed by atoms with Crippen LogP contribution in [0.5, 0.6) is 5.75 Å². The summed E-state index contributed by atoms with van der Waals surface area (Å²) in [6.07, 6.45) is 7.10. The number of rotatable bonds is 5. The largest absolute Gasteiger partial charge is 0.494 e. The standard InChI is InChI=1S/C18H20ClN3O3S/c1-12-8-15(5-6-16(12)19)26(23,24)21-14-4-7-17(18(9-14)25-3)22-10-13(2)20-11-22/h4-7,9-12,21H,8H2,1-3H3. The van der Waals surface area contributed by atoms with E-state index in [0.29, 0.717) is 27.8 Å². The molecule has 0 aliphatic heterocycles. The van der Waals surface area contributed by atoms with Crippen molar-refractivity contribution < 1.29 is 13.2 Å². The molecular formula is C18H20ClN3O3S. The molecular weight excluding hydrogens is 374 g/mol. The zero-order valence-electron chi connectivity index (χ0n) is 14.7. The monoisotopic (exact) mass is 393 g/mol. The fraction of sp³-hybridized carbons (Fsp3) is 0.278. The number of nitrogens with zero attached hydrogens (tertiary/aromatic N) is 2. The first-order chi connectivity index (χ1) is 12.3. The van der Waals surface area contributed by atoms with Crippen molar-refractivity contribution in [2.24, 2.45) is 5.92 Å². The molecule has 26 heavy (non-hydrogen) atoms. The van der Waals surface area contributed by atoms with Crippen LogP contribution in [0.25, 0.3) is 5.69 Å². The number of benzene rings is 1. The summed E-state index contributed by atoms with van der Waals surface area (Å²) in [5.74, 6) is 0.520. The number of aromatic nitrogens is 2. The van der Waals surface area contributed by atoms with Crippen LogP contribution in [-0.2, 0) is 10.0 Å². The molecule has 0 spiro atoms. The zero-order valence-corrected chi connectivity index (χ0v) is 16.3. The second-order valence-electron chi connectivity index (χ2n) is 6.20. The van der Waals surface area contributed by atoms with Gasteiger partial charge in [0.2, 0.25) is 0 Å². The van der Waals surface area contributed by atoms with E-state index in [4.69, 9.17) is 16.3 Å². The minimum Gasteiger partial charge on any atom is -0.494 e. The van der Waals surface area contributed by atoms with Gasteiger partial charge in [0.05, 0.1) is 35.4 Å². The molecule has 8 heteroatoms. The van der Waals surface area contributed by atoms with Crippen LogP contribution in [0.1, 0.15) is 19.0 Å². The summed E-state index contributed by atoms with van der Waals surface area (Å²) >= 11 is 6.04. The van der Waals surface area contributed by atoms with Gasteiger partial charge in [0, 0.05) is 17.3 Å². The average Bonchev–Trinajstić information content (AvgIpc) is 3.03. The fourth-order valence-electron chi connectivity index (χ4n) is 2.73. The molecule has 1 atom stereocenters. The normalized spacial score (nSPS) is 17.5. The molecule has 1 aromatic heterocycles. The fourth-order valence-corrected chi connectivity index (χ4v) is 4.16. The SMILES string of the molecule is COc1cc(NS(=O)(=O)C2=CC=C(Cl)C(C)C2)ccc1-n1cnc(C)c1. The van der Waals surface area contributed by atoms with E-state index in [2.05, 4.69) is 9.71 Å².